The van der Waals surface area contributed by atoms with Crippen molar-refractivity contribution >= 4 is 15.9 Å². The number of nitrogens with zero attached hydrogens (tertiary/aromatic N) is 2. The smallest absolute Gasteiger partial charge is 0.254 e. The molecule has 0 unspecified atom stereocenters. The lowest BCUT2D eigenvalue weighted by Gasteiger charge is -2.14. The summed E-state index contributed by atoms with van der Waals surface area (Å²) in [5.41, 5.74) is 0.279. The van der Waals surface area contributed by atoms with Crippen LogP contribution in [0.4, 0.5) is 4.39 Å². The maximum absolute atomic E-state index is 13.8. The van der Waals surface area contributed by atoms with Crippen LogP contribution in [-0.2, 0) is 16.4 Å². The molecule has 2 aromatic rings. The summed E-state index contributed by atoms with van der Waals surface area (Å²) in [7, 11) is -4.02. The molecule has 0 aliphatic heterocycles. The Balaban J connectivity index is 2.14. The summed E-state index contributed by atoms with van der Waals surface area (Å²) in [5, 5.41) is 7.56. The van der Waals surface area contributed by atoms with Gasteiger partial charge in [0, 0.05) is 31.1 Å². The number of benzene rings is 1. The highest BCUT2D eigenvalue weighted by Gasteiger charge is 2.18. The number of carbonyl (C=O) groups excluding carboxylic acids is 1. The van der Waals surface area contributed by atoms with Crippen molar-refractivity contribution in [1.82, 2.24) is 15.3 Å². The van der Waals surface area contributed by atoms with Crippen LogP contribution in [0.25, 0.3) is 0 Å². The van der Waals surface area contributed by atoms with Gasteiger partial charge in [-0.1, -0.05) is 0 Å². The average molecular weight is 338 g/mol. The Bertz CT molecular complexity index is 812. The van der Waals surface area contributed by atoms with Gasteiger partial charge in [-0.3, -0.25) is 14.8 Å². The van der Waals surface area contributed by atoms with Gasteiger partial charge in [-0.15, -0.1) is 0 Å². The third-order valence-electron chi connectivity index (χ3n) is 3.02. The number of rotatable bonds is 5. The van der Waals surface area contributed by atoms with Crippen molar-refractivity contribution in [2.75, 3.05) is 0 Å². The van der Waals surface area contributed by atoms with Gasteiger partial charge in [0.2, 0.25) is 10.0 Å². The zero-order valence-corrected chi connectivity index (χ0v) is 13.0. The summed E-state index contributed by atoms with van der Waals surface area (Å²) in [5.74, 6) is -1.56. The fourth-order valence-corrected chi connectivity index (χ4v) is 2.50. The third-order valence-corrected chi connectivity index (χ3v) is 3.93. The van der Waals surface area contributed by atoms with Crippen LogP contribution >= 0.6 is 0 Å². The van der Waals surface area contributed by atoms with Gasteiger partial charge in [-0.25, -0.2) is 17.9 Å². The molecule has 3 N–H and O–H groups in total. The van der Waals surface area contributed by atoms with Crippen molar-refractivity contribution in [3.8, 4) is 0 Å². The standard InChI is InChI=1S/C14H15FN4O3S/c1-9(6-10-8-17-4-5-18-10)19-14(20)12-7-11(23(16,21)22)2-3-13(12)15/h2-5,7-9H,6H2,1H3,(H,19,20)(H2,16,21,22)/t9-/m0/s1. The van der Waals surface area contributed by atoms with Gasteiger partial charge in [-0.05, 0) is 25.1 Å². The van der Waals surface area contributed by atoms with Crippen molar-refractivity contribution in [1.29, 1.82) is 0 Å². The quantitative estimate of drug-likeness (QED) is 0.829. The fourth-order valence-electron chi connectivity index (χ4n) is 1.96. The molecule has 122 valence electrons. The molecule has 0 aliphatic carbocycles. The van der Waals surface area contributed by atoms with Crippen LogP contribution < -0.4 is 10.5 Å². The molecule has 23 heavy (non-hydrogen) atoms. The van der Waals surface area contributed by atoms with Gasteiger partial charge in [0.1, 0.15) is 5.82 Å². The molecule has 9 heteroatoms. The van der Waals surface area contributed by atoms with Crippen LogP contribution in [0.1, 0.15) is 23.0 Å². The van der Waals surface area contributed by atoms with E-state index in [0.717, 1.165) is 18.2 Å². The zero-order chi connectivity index (χ0) is 17.0. The first-order valence-electron chi connectivity index (χ1n) is 6.65. The summed E-state index contributed by atoms with van der Waals surface area (Å²) < 4.78 is 36.3. The molecule has 0 saturated heterocycles. The van der Waals surface area contributed by atoms with Gasteiger partial charge in [-0.2, -0.15) is 0 Å². The first kappa shape index (κ1) is 17.0. The van der Waals surface area contributed by atoms with Crippen LogP contribution in [-0.4, -0.2) is 30.3 Å². The van der Waals surface area contributed by atoms with Crippen LogP contribution in [0.5, 0.6) is 0 Å². The van der Waals surface area contributed by atoms with E-state index in [4.69, 9.17) is 5.14 Å². The van der Waals surface area contributed by atoms with E-state index in [1.807, 2.05) is 0 Å². The van der Waals surface area contributed by atoms with Gasteiger partial charge < -0.3 is 5.32 Å². The molecule has 1 atom stereocenters. The number of nitrogens with one attached hydrogen (secondary N) is 1. The molecule has 2 rings (SSSR count). The van der Waals surface area contributed by atoms with E-state index in [9.17, 15) is 17.6 Å². The van der Waals surface area contributed by atoms with Gasteiger partial charge in [0.25, 0.3) is 5.91 Å². The van der Waals surface area contributed by atoms with E-state index in [0.29, 0.717) is 12.1 Å². The largest absolute Gasteiger partial charge is 0.349 e. The zero-order valence-electron chi connectivity index (χ0n) is 12.2. The lowest BCUT2D eigenvalue weighted by molar-refractivity contribution is 0.0935. The maximum Gasteiger partial charge on any atom is 0.254 e. The van der Waals surface area contributed by atoms with Crippen molar-refractivity contribution in [3.63, 3.8) is 0 Å². The molecule has 1 amide bonds. The van der Waals surface area contributed by atoms with Crippen molar-refractivity contribution in [3.05, 3.63) is 53.9 Å². The molecule has 1 aromatic carbocycles. The van der Waals surface area contributed by atoms with Gasteiger partial charge >= 0.3 is 0 Å². The molecule has 7 nitrogen and oxygen atoms in total. The van der Waals surface area contributed by atoms with E-state index in [-0.39, 0.29) is 16.5 Å². The lowest BCUT2D eigenvalue weighted by atomic mass is 10.1. The highest BCUT2D eigenvalue weighted by atomic mass is 32.2. The Morgan fingerprint density at radius 1 is 1.39 bits per heavy atom. The second-order valence-corrected chi connectivity index (χ2v) is 6.52. The predicted molar refractivity (Wildman–Crippen MR) is 80.4 cm³/mol. The molecule has 0 spiro atoms. The minimum atomic E-state index is -4.02. The van der Waals surface area contributed by atoms with Crippen LogP contribution in [0.15, 0.2) is 41.7 Å². The minimum absolute atomic E-state index is 0.328. The van der Waals surface area contributed by atoms with Crippen LogP contribution in [0, 0.1) is 5.82 Å². The molecule has 0 bridgehead atoms. The van der Waals surface area contributed by atoms with E-state index in [1.165, 1.54) is 12.4 Å². The molecular formula is C14H15FN4O3S. The van der Waals surface area contributed by atoms with E-state index in [1.54, 1.807) is 13.1 Å². The second-order valence-electron chi connectivity index (χ2n) is 4.96. The fraction of sp³-hybridized carbons (Fsp3) is 0.214. The number of hydrogen-bond acceptors (Lipinski definition) is 5. The highest BCUT2D eigenvalue weighted by Crippen LogP contribution is 2.14. The van der Waals surface area contributed by atoms with E-state index >= 15 is 0 Å². The molecule has 1 aromatic heterocycles. The maximum atomic E-state index is 13.8. The number of halogens is 1. The Morgan fingerprint density at radius 3 is 2.74 bits per heavy atom. The second kappa shape index (κ2) is 6.80. The monoisotopic (exact) mass is 338 g/mol. The van der Waals surface area contributed by atoms with Crippen LogP contribution in [0.2, 0.25) is 0 Å². The minimum Gasteiger partial charge on any atom is -0.349 e. The predicted octanol–water partition coefficient (Wildman–Crippen LogP) is 0.624. The van der Waals surface area contributed by atoms with Crippen LogP contribution in [0.3, 0.4) is 0 Å². The molecule has 0 radical (unpaired) electrons. The number of sulfonamides is 1. The number of hydrogen-bond donors (Lipinski definition) is 2. The lowest BCUT2D eigenvalue weighted by Crippen LogP contribution is -2.35. The topological polar surface area (TPSA) is 115 Å². The van der Waals surface area contributed by atoms with Gasteiger partial charge in [0.05, 0.1) is 16.2 Å². The first-order valence-corrected chi connectivity index (χ1v) is 8.20. The third kappa shape index (κ3) is 4.54. The molecule has 1 heterocycles. The number of nitrogens with two attached hydrogens (primary N) is 1. The van der Waals surface area contributed by atoms with Crippen molar-refractivity contribution < 1.29 is 17.6 Å². The van der Waals surface area contributed by atoms with Gasteiger partial charge in [0.15, 0.2) is 0 Å². The summed E-state index contributed by atoms with van der Waals surface area (Å²) in [4.78, 5) is 19.8. The SMILES string of the molecule is C[C@@H](Cc1cnccn1)NC(=O)c1cc(S(N)(=O)=O)ccc1F. The Labute approximate surface area is 132 Å². The van der Waals surface area contributed by atoms with Crippen molar-refractivity contribution in [2.24, 2.45) is 5.14 Å². The average Bonchev–Trinajstić information content (AvgIpc) is 2.47. The number of amides is 1. The summed E-state index contributed by atoms with van der Waals surface area (Å²) in [6.07, 6.45) is 5.01. The molecular weight excluding hydrogens is 323 g/mol. The number of carbonyl (C=O) groups is 1. The molecule has 0 aliphatic rings. The highest BCUT2D eigenvalue weighted by molar-refractivity contribution is 7.89. The Kier molecular flexibility index (Phi) is 5.02. The summed E-state index contributed by atoms with van der Waals surface area (Å²) in [6, 6.07) is 2.46. The van der Waals surface area contributed by atoms with Crippen molar-refractivity contribution in [2.45, 2.75) is 24.3 Å². The number of primary sulfonamides is 1. The normalized spacial score (nSPS) is 12.7. The Morgan fingerprint density at radius 2 is 2.13 bits per heavy atom. The number of aromatic nitrogens is 2. The van der Waals surface area contributed by atoms with E-state index < -0.39 is 21.7 Å². The Hall–Kier alpha value is -2.39. The van der Waals surface area contributed by atoms with E-state index in [2.05, 4.69) is 15.3 Å². The summed E-state index contributed by atoms with van der Waals surface area (Å²) >= 11 is 0. The molecule has 0 saturated carbocycles. The molecule has 0 fully saturated rings. The summed E-state index contributed by atoms with van der Waals surface area (Å²) in [6.45, 7) is 1.72. The first-order chi connectivity index (χ1) is 10.8.